The highest BCUT2D eigenvalue weighted by Crippen LogP contribution is 2.37. The highest BCUT2D eigenvalue weighted by molar-refractivity contribution is 7.89. The Bertz CT molecular complexity index is 1290. The van der Waals surface area contributed by atoms with Crippen LogP contribution in [0.4, 0.5) is 13.2 Å². The van der Waals surface area contributed by atoms with E-state index >= 15 is 0 Å². The number of fused-ring (bicyclic) bond motifs is 1. The lowest BCUT2D eigenvalue weighted by molar-refractivity contribution is -0.184. The molecule has 1 fully saturated rings. The van der Waals surface area contributed by atoms with Crippen LogP contribution in [0.25, 0.3) is 16.9 Å². The lowest BCUT2D eigenvalue weighted by atomic mass is 9.93. The van der Waals surface area contributed by atoms with Crippen molar-refractivity contribution in [3.05, 3.63) is 35.8 Å². The van der Waals surface area contributed by atoms with Gasteiger partial charge < -0.3 is 19.3 Å². The van der Waals surface area contributed by atoms with Crippen LogP contribution in [0.15, 0.2) is 29.4 Å². The maximum atomic E-state index is 14.5. The summed E-state index contributed by atoms with van der Waals surface area (Å²) in [5.41, 5.74) is -1.22. The van der Waals surface area contributed by atoms with Crippen LogP contribution in [0.3, 0.4) is 0 Å². The number of nitrogens with zero attached hydrogens (tertiary/aromatic N) is 3. The number of ether oxygens (including phenoxy) is 3. The highest BCUT2D eigenvalue weighted by atomic mass is 32.2. The first kappa shape index (κ1) is 22.3. The van der Waals surface area contributed by atoms with Crippen LogP contribution >= 0.6 is 0 Å². The van der Waals surface area contributed by atoms with Gasteiger partial charge in [0.05, 0.1) is 25.9 Å². The number of aliphatic hydroxyl groups is 1. The molecule has 0 amide bonds. The Balaban J connectivity index is 1.90. The maximum Gasteiger partial charge on any atom is 0.272 e. The zero-order valence-corrected chi connectivity index (χ0v) is 17.3. The Morgan fingerprint density at radius 1 is 1.31 bits per heavy atom. The lowest BCUT2D eigenvalue weighted by Gasteiger charge is -2.36. The fourth-order valence-corrected chi connectivity index (χ4v) is 4.10. The van der Waals surface area contributed by atoms with Crippen molar-refractivity contribution in [1.82, 2.24) is 14.4 Å². The van der Waals surface area contributed by atoms with Crippen LogP contribution in [0.2, 0.25) is 0 Å². The van der Waals surface area contributed by atoms with E-state index < -0.39 is 45.4 Å². The van der Waals surface area contributed by atoms with Crippen molar-refractivity contribution in [3.8, 4) is 23.0 Å². The summed E-state index contributed by atoms with van der Waals surface area (Å²) in [6, 6.07) is 3.72. The minimum atomic E-state index is -4.40. The molecule has 0 saturated carbocycles. The third-order valence-electron chi connectivity index (χ3n) is 4.77. The number of sulfonamides is 1. The Morgan fingerprint density at radius 2 is 2.03 bits per heavy atom. The number of primary sulfonamides is 1. The topological polar surface area (TPSA) is 138 Å². The highest BCUT2D eigenvalue weighted by Gasteiger charge is 2.38. The average Bonchev–Trinajstić information content (AvgIpc) is 3.09. The van der Waals surface area contributed by atoms with Gasteiger partial charge in [-0.05, 0) is 23.8 Å². The number of imidazole rings is 1. The SMILES string of the molecule is COc1nc(OCC(F)F)c(F)cc1-c1nc2cc(C3(O)COC3)ccn2c1S(N)(=O)=O. The standard InChI is InChI=1S/C18H17F3N4O6S/c1-29-15-10(5-11(19)16(24-15)31-6-12(20)21)14-17(32(22,27)28)25-3-2-9(4-13(25)23-14)18(26)7-30-8-18/h2-5,12,26H,6-8H2,1H3,(H2,22,27,28). The number of methoxy groups -OCH3 is 1. The van der Waals surface area contributed by atoms with E-state index in [-0.39, 0.29) is 36.0 Å². The van der Waals surface area contributed by atoms with Crippen LogP contribution in [0.5, 0.6) is 11.8 Å². The molecule has 3 N–H and O–H groups in total. The summed E-state index contributed by atoms with van der Waals surface area (Å²) in [4.78, 5) is 7.96. The Morgan fingerprint density at radius 3 is 2.59 bits per heavy atom. The van der Waals surface area contributed by atoms with Gasteiger partial charge in [0.1, 0.15) is 16.9 Å². The molecule has 172 valence electrons. The van der Waals surface area contributed by atoms with E-state index in [0.717, 1.165) is 17.6 Å². The fourth-order valence-electron chi connectivity index (χ4n) is 3.25. The molecule has 3 aromatic rings. The number of hydrogen-bond acceptors (Lipinski definition) is 8. The molecule has 0 aliphatic carbocycles. The van der Waals surface area contributed by atoms with E-state index in [4.69, 9.17) is 14.6 Å². The summed E-state index contributed by atoms with van der Waals surface area (Å²) in [6.45, 7) is -0.984. The second-order valence-corrected chi connectivity index (χ2v) is 8.49. The van der Waals surface area contributed by atoms with Crippen LogP contribution in [-0.4, -0.2) is 61.2 Å². The molecule has 32 heavy (non-hydrogen) atoms. The first-order chi connectivity index (χ1) is 15.0. The van der Waals surface area contributed by atoms with Gasteiger partial charge in [0, 0.05) is 6.20 Å². The number of alkyl halides is 2. The van der Waals surface area contributed by atoms with Gasteiger partial charge in [-0.3, -0.25) is 4.40 Å². The van der Waals surface area contributed by atoms with E-state index in [1.807, 2.05) is 0 Å². The zero-order chi connectivity index (χ0) is 23.3. The van der Waals surface area contributed by atoms with Gasteiger partial charge >= 0.3 is 0 Å². The first-order valence-electron chi connectivity index (χ1n) is 9.05. The molecule has 0 spiro atoms. The van der Waals surface area contributed by atoms with Gasteiger partial charge in [-0.1, -0.05) is 0 Å². The molecular weight excluding hydrogens is 457 g/mol. The molecule has 0 unspecified atom stereocenters. The van der Waals surface area contributed by atoms with Crippen molar-refractivity contribution in [3.63, 3.8) is 0 Å². The van der Waals surface area contributed by atoms with Gasteiger partial charge in [0.25, 0.3) is 22.3 Å². The smallest absolute Gasteiger partial charge is 0.272 e. The third kappa shape index (κ3) is 3.85. The molecule has 4 rings (SSSR count). The van der Waals surface area contributed by atoms with E-state index in [1.54, 1.807) is 0 Å². The molecule has 0 bridgehead atoms. The van der Waals surface area contributed by atoms with Crippen molar-refractivity contribution in [1.29, 1.82) is 0 Å². The van der Waals surface area contributed by atoms with Gasteiger partial charge in [0.2, 0.25) is 5.88 Å². The first-order valence-corrected chi connectivity index (χ1v) is 10.6. The van der Waals surface area contributed by atoms with Crippen LogP contribution in [0, 0.1) is 5.82 Å². The maximum absolute atomic E-state index is 14.5. The Labute approximate surface area is 179 Å². The van der Waals surface area contributed by atoms with Gasteiger partial charge in [-0.25, -0.2) is 31.7 Å². The van der Waals surface area contributed by atoms with Crippen molar-refractivity contribution in [2.75, 3.05) is 26.9 Å². The van der Waals surface area contributed by atoms with Gasteiger partial charge in [0.15, 0.2) is 17.5 Å². The number of halogens is 3. The average molecular weight is 474 g/mol. The monoisotopic (exact) mass is 474 g/mol. The van der Waals surface area contributed by atoms with Crippen molar-refractivity contribution >= 4 is 15.7 Å². The largest absolute Gasteiger partial charge is 0.480 e. The Hall–Kier alpha value is -2.94. The van der Waals surface area contributed by atoms with Crippen LogP contribution in [0.1, 0.15) is 5.56 Å². The predicted octanol–water partition coefficient (Wildman–Crippen LogP) is 1.05. The summed E-state index contributed by atoms with van der Waals surface area (Å²) in [5.74, 6) is -2.21. The molecule has 3 aromatic heterocycles. The van der Waals surface area contributed by atoms with Crippen LogP contribution < -0.4 is 14.6 Å². The van der Waals surface area contributed by atoms with Gasteiger partial charge in [-0.2, -0.15) is 4.98 Å². The normalized spacial score (nSPS) is 15.7. The minimum absolute atomic E-state index is 0.0574. The molecule has 0 radical (unpaired) electrons. The molecule has 4 heterocycles. The van der Waals surface area contributed by atoms with E-state index in [2.05, 4.69) is 14.7 Å². The summed E-state index contributed by atoms with van der Waals surface area (Å²) < 4.78 is 79.9. The summed E-state index contributed by atoms with van der Waals surface area (Å²) in [7, 11) is -3.23. The van der Waals surface area contributed by atoms with E-state index in [9.17, 15) is 26.7 Å². The number of hydrogen-bond donors (Lipinski definition) is 2. The molecule has 1 saturated heterocycles. The summed E-state index contributed by atoms with van der Waals surface area (Å²) in [6.07, 6.45) is -1.52. The second kappa shape index (κ2) is 7.88. The molecule has 1 aliphatic rings. The van der Waals surface area contributed by atoms with Crippen LogP contribution in [-0.2, 0) is 20.4 Å². The summed E-state index contributed by atoms with van der Waals surface area (Å²) in [5, 5.41) is 15.4. The van der Waals surface area contributed by atoms with Gasteiger partial charge in [-0.15, -0.1) is 0 Å². The molecule has 0 aromatic carbocycles. The van der Waals surface area contributed by atoms with E-state index in [0.29, 0.717) is 5.56 Å². The van der Waals surface area contributed by atoms with Crippen molar-refractivity contribution in [2.24, 2.45) is 5.14 Å². The fraction of sp³-hybridized carbons (Fsp3) is 0.333. The number of rotatable bonds is 7. The predicted molar refractivity (Wildman–Crippen MR) is 103 cm³/mol. The number of aromatic nitrogens is 3. The molecule has 14 heteroatoms. The number of pyridine rings is 2. The second-order valence-electron chi connectivity index (χ2n) is 7.01. The van der Waals surface area contributed by atoms with Crippen molar-refractivity contribution in [2.45, 2.75) is 17.1 Å². The lowest BCUT2D eigenvalue weighted by Crippen LogP contribution is -2.46. The zero-order valence-electron chi connectivity index (χ0n) is 16.5. The van der Waals surface area contributed by atoms with Crippen molar-refractivity contribution < 1.29 is 40.9 Å². The quantitative estimate of drug-likeness (QED) is 0.518. The third-order valence-corrected chi connectivity index (χ3v) is 5.70. The minimum Gasteiger partial charge on any atom is -0.480 e. The summed E-state index contributed by atoms with van der Waals surface area (Å²) >= 11 is 0. The van der Waals surface area contributed by atoms with E-state index in [1.165, 1.54) is 18.3 Å². The molecule has 10 nitrogen and oxygen atoms in total. The number of nitrogens with two attached hydrogens (primary N) is 1. The molecular formula is C18H17F3N4O6S. The Kier molecular flexibility index (Phi) is 5.48. The molecule has 1 aliphatic heterocycles. The molecule has 0 atom stereocenters.